The number of hydrogen-bond donors (Lipinski definition) is 1. The molecule has 0 spiro atoms. The lowest BCUT2D eigenvalue weighted by Gasteiger charge is -2.12. The molecule has 0 aliphatic heterocycles. The first kappa shape index (κ1) is 15.3. The summed E-state index contributed by atoms with van der Waals surface area (Å²) in [6.45, 7) is 3.49. The highest BCUT2D eigenvalue weighted by molar-refractivity contribution is 6.32. The van der Waals surface area contributed by atoms with Crippen LogP contribution in [0.3, 0.4) is 0 Å². The maximum atomic E-state index is 10.9. The van der Waals surface area contributed by atoms with Crippen molar-refractivity contribution in [2.75, 3.05) is 0 Å². The summed E-state index contributed by atoms with van der Waals surface area (Å²) < 4.78 is 5.69. The van der Waals surface area contributed by atoms with E-state index >= 15 is 0 Å². The number of nitro groups is 1. The van der Waals surface area contributed by atoms with Crippen LogP contribution in [0.25, 0.3) is 0 Å². The highest BCUT2D eigenvalue weighted by Gasteiger charge is 2.15. The minimum absolute atomic E-state index is 0.0100. The summed E-state index contributed by atoms with van der Waals surface area (Å²) in [5.41, 5.74) is 7.14. The lowest BCUT2D eigenvalue weighted by atomic mass is 10.1. The van der Waals surface area contributed by atoms with Gasteiger partial charge in [0.25, 0.3) is 5.69 Å². The molecule has 0 aliphatic carbocycles. The van der Waals surface area contributed by atoms with E-state index in [1.54, 1.807) is 31.2 Å². The summed E-state index contributed by atoms with van der Waals surface area (Å²) >= 11 is 6.16. The van der Waals surface area contributed by atoms with Crippen LogP contribution in [0.5, 0.6) is 11.5 Å². The van der Waals surface area contributed by atoms with Crippen LogP contribution in [0.2, 0.25) is 5.02 Å². The van der Waals surface area contributed by atoms with Crippen LogP contribution in [0.4, 0.5) is 5.69 Å². The molecule has 0 amide bonds. The first-order valence-corrected chi connectivity index (χ1v) is 6.75. The Morgan fingerprint density at radius 1 is 1.29 bits per heavy atom. The first-order chi connectivity index (χ1) is 9.90. The van der Waals surface area contributed by atoms with Crippen LogP contribution < -0.4 is 10.5 Å². The summed E-state index contributed by atoms with van der Waals surface area (Å²) in [6.07, 6.45) is 0. The van der Waals surface area contributed by atoms with E-state index in [0.29, 0.717) is 22.1 Å². The number of ether oxygens (including phenoxy) is 1. The zero-order chi connectivity index (χ0) is 15.6. The standard InChI is InChI=1S/C15H15ClN2O3/c1-9-13(18(19)20)4-3-5-14(9)21-15-7-6-11(10(2)17)8-12(15)16/h3-8,10H,17H2,1-2H3/t10-/m1/s1. The summed E-state index contributed by atoms with van der Waals surface area (Å²) in [5.74, 6) is 0.837. The van der Waals surface area contributed by atoms with E-state index in [-0.39, 0.29) is 11.7 Å². The number of nitro benzene ring substituents is 1. The predicted molar refractivity (Wildman–Crippen MR) is 82.0 cm³/mol. The second kappa shape index (κ2) is 6.11. The van der Waals surface area contributed by atoms with Gasteiger partial charge in [0.15, 0.2) is 0 Å². The van der Waals surface area contributed by atoms with Crippen LogP contribution in [0.15, 0.2) is 36.4 Å². The third kappa shape index (κ3) is 3.32. The molecule has 2 aromatic rings. The topological polar surface area (TPSA) is 78.4 Å². The van der Waals surface area contributed by atoms with Crippen LogP contribution in [-0.4, -0.2) is 4.92 Å². The van der Waals surface area contributed by atoms with Gasteiger partial charge >= 0.3 is 0 Å². The maximum absolute atomic E-state index is 10.9. The lowest BCUT2D eigenvalue weighted by Crippen LogP contribution is -2.04. The largest absolute Gasteiger partial charge is 0.455 e. The van der Waals surface area contributed by atoms with Crippen LogP contribution in [-0.2, 0) is 0 Å². The molecule has 0 unspecified atom stereocenters. The Balaban J connectivity index is 2.35. The summed E-state index contributed by atoms with van der Waals surface area (Å²) in [6, 6.07) is 9.80. The van der Waals surface area contributed by atoms with Crippen LogP contribution >= 0.6 is 11.6 Å². The van der Waals surface area contributed by atoms with Gasteiger partial charge in [-0.25, -0.2) is 0 Å². The summed E-state index contributed by atoms with van der Waals surface area (Å²) in [4.78, 5) is 10.5. The molecule has 110 valence electrons. The number of benzene rings is 2. The molecule has 6 heteroatoms. The van der Waals surface area contributed by atoms with Gasteiger partial charge in [-0.15, -0.1) is 0 Å². The number of nitrogens with two attached hydrogens (primary N) is 1. The minimum atomic E-state index is -0.441. The normalized spacial score (nSPS) is 12.0. The SMILES string of the molecule is Cc1c(Oc2ccc([C@@H](C)N)cc2Cl)cccc1[N+](=O)[O-]. The molecule has 2 N–H and O–H groups in total. The van der Waals surface area contributed by atoms with E-state index in [9.17, 15) is 10.1 Å². The molecule has 0 heterocycles. The van der Waals surface area contributed by atoms with Crippen molar-refractivity contribution in [3.63, 3.8) is 0 Å². The highest BCUT2D eigenvalue weighted by atomic mass is 35.5. The lowest BCUT2D eigenvalue weighted by molar-refractivity contribution is -0.385. The fourth-order valence-corrected chi connectivity index (χ4v) is 2.14. The molecule has 2 rings (SSSR count). The summed E-state index contributed by atoms with van der Waals surface area (Å²) in [7, 11) is 0. The van der Waals surface area contributed by atoms with E-state index in [0.717, 1.165) is 5.56 Å². The Morgan fingerprint density at radius 3 is 2.57 bits per heavy atom. The molecule has 1 atom stereocenters. The maximum Gasteiger partial charge on any atom is 0.276 e. The van der Waals surface area contributed by atoms with Gasteiger partial charge < -0.3 is 10.5 Å². The van der Waals surface area contributed by atoms with Crippen molar-refractivity contribution in [3.8, 4) is 11.5 Å². The summed E-state index contributed by atoms with van der Waals surface area (Å²) in [5, 5.41) is 11.3. The van der Waals surface area contributed by atoms with Crippen molar-refractivity contribution in [1.82, 2.24) is 0 Å². The Bertz CT molecular complexity index is 687. The average molecular weight is 307 g/mol. The van der Waals surface area contributed by atoms with Gasteiger partial charge in [-0.05, 0) is 37.6 Å². The Hall–Kier alpha value is -2.11. The second-order valence-corrected chi connectivity index (χ2v) is 5.15. The van der Waals surface area contributed by atoms with Gasteiger partial charge in [0.05, 0.1) is 15.5 Å². The average Bonchev–Trinajstić information content (AvgIpc) is 2.42. The van der Waals surface area contributed by atoms with Gasteiger partial charge in [0.2, 0.25) is 0 Å². The fraction of sp³-hybridized carbons (Fsp3) is 0.200. The zero-order valence-corrected chi connectivity index (χ0v) is 12.4. The molecule has 0 aliphatic rings. The molecule has 0 radical (unpaired) electrons. The molecule has 0 aromatic heterocycles. The van der Waals surface area contributed by atoms with Crippen LogP contribution in [0, 0.1) is 17.0 Å². The first-order valence-electron chi connectivity index (χ1n) is 6.37. The third-order valence-corrected chi connectivity index (χ3v) is 3.45. The molecular weight excluding hydrogens is 292 g/mol. The molecule has 0 bridgehead atoms. The van der Waals surface area contributed by atoms with Crippen molar-refractivity contribution < 1.29 is 9.66 Å². The number of rotatable bonds is 4. The predicted octanol–water partition coefficient (Wildman–Crippen LogP) is 4.37. The number of nitrogens with zero attached hydrogens (tertiary/aromatic N) is 1. The number of halogens is 1. The van der Waals surface area contributed by atoms with Crippen molar-refractivity contribution >= 4 is 17.3 Å². The monoisotopic (exact) mass is 306 g/mol. The molecule has 0 fully saturated rings. The molecule has 2 aromatic carbocycles. The Kier molecular flexibility index (Phi) is 4.45. The van der Waals surface area contributed by atoms with E-state index < -0.39 is 4.92 Å². The Labute approximate surface area is 127 Å². The molecule has 21 heavy (non-hydrogen) atoms. The molecular formula is C15H15ClN2O3. The van der Waals surface area contributed by atoms with Gasteiger partial charge in [-0.2, -0.15) is 0 Å². The van der Waals surface area contributed by atoms with Crippen molar-refractivity contribution in [1.29, 1.82) is 0 Å². The second-order valence-electron chi connectivity index (χ2n) is 4.74. The van der Waals surface area contributed by atoms with E-state index in [4.69, 9.17) is 22.1 Å². The quantitative estimate of drug-likeness (QED) is 0.672. The Morgan fingerprint density at radius 2 is 2.00 bits per heavy atom. The van der Waals surface area contributed by atoms with Crippen molar-refractivity contribution in [2.45, 2.75) is 19.9 Å². The van der Waals surface area contributed by atoms with Crippen molar-refractivity contribution in [2.24, 2.45) is 5.73 Å². The molecule has 0 saturated carbocycles. The van der Waals surface area contributed by atoms with Gasteiger partial charge in [-0.1, -0.05) is 23.7 Å². The van der Waals surface area contributed by atoms with Crippen molar-refractivity contribution in [3.05, 3.63) is 62.7 Å². The van der Waals surface area contributed by atoms with Gasteiger partial charge in [0, 0.05) is 12.1 Å². The van der Waals surface area contributed by atoms with E-state index in [1.165, 1.54) is 6.07 Å². The molecule has 0 saturated heterocycles. The minimum Gasteiger partial charge on any atom is -0.455 e. The van der Waals surface area contributed by atoms with E-state index in [2.05, 4.69) is 0 Å². The third-order valence-electron chi connectivity index (χ3n) is 3.15. The fourth-order valence-electron chi connectivity index (χ4n) is 1.91. The van der Waals surface area contributed by atoms with Gasteiger partial charge in [-0.3, -0.25) is 10.1 Å². The highest BCUT2D eigenvalue weighted by Crippen LogP contribution is 2.35. The van der Waals surface area contributed by atoms with Gasteiger partial charge in [0.1, 0.15) is 11.5 Å². The van der Waals surface area contributed by atoms with E-state index in [1.807, 2.05) is 13.0 Å². The zero-order valence-electron chi connectivity index (χ0n) is 11.7. The number of hydrogen-bond acceptors (Lipinski definition) is 4. The smallest absolute Gasteiger partial charge is 0.276 e. The van der Waals surface area contributed by atoms with Crippen LogP contribution in [0.1, 0.15) is 24.1 Å². The molecule has 5 nitrogen and oxygen atoms in total.